The summed E-state index contributed by atoms with van der Waals surface area (Å²) >= 11 is 6.75. The van der Waals surface area contributed by atoms with Crippen LogP contribution in [0.1, 0.15) is 43.7 Å². The number of aliphatic hydroxyl groups is 1. The Kier molecular flexibility index (Phi) is 3.19. The number of halogens is 1. The number of benzene rings is 1. The van der Waals surface area contributed by atoms with Crippen LogP contribution in [0.3, 0.4) is 0 Å². The average molecular weight is 318 g/mol. The van der Waals surface area contributed by atoms with E-state index in [1.165, 1.54) is 0 Å². The van der Waals surface area contributed by atoms with Gasteiger partial charge in [0.05, 0.1) is 11.6 Å². The molecule has 1 aromatic carbocycles. The van der Waals surface area contributed by atoms with E-state index in [2.05, 4.69) is 10.0 Å². The van der Waals surface area contributed by atoms with Crippen LogP contribution in [-0.4, -0.2) is 15.6 Å². The lowest BCUT2D eigenvalue weighted by atomic mass is 9.47. The summed E-state index contributed by atoms with van der Waals surface area (Å²) in [7, 11) is 0. The largest absolute Gasteiger partial charge is 0.389 e. The second kappa shape index (κ2) is 4.89. The van der Waals surface area contributed by atoms with Crippen molar-refractivity contribution in [1.29, 1.82) is 0 Å². The van der Waals surface area contributed by atoms with Crippen LogP contribution < -0.4 is 0 Å². The highest BCUT2D eigenvalue weighted by molar-refractivity contribution is 6.24. The van der Waals surface area contributed by atoms with Gasteiger partial charge < -0.3 is 5.11 Å². The predicted octanol–water partition coefficient (Wildman–Crippen LogP) is 4.59. The van der Waals surface area contributed by atoms with Gasteiger partial charge in [0.1, 0.15) is 0 Å². The summed E-state index contributed by atoms with van der Waals surface area (Å²) < 4.78 is 0. The molecule has 4 nitrogen and oxygen atoms in total. The van der Waals surface area contributed by atoms with E-state index in [0.717, 1.165) is 31.2 Å². The van der Waals surface area contributed by atoms with Gasteiger partial charge in [-0.05, 0) is 55.0 Å². The van der Waals surface area contributed by atoms with E-state index in [0.29, 0.717) is 18.3 Å². The van der Waals surface area contributed by atoms with Crippen LogP contribution in [0.2, 0.25) is 0 Å². The first kappa shape index (κ1) is 14.4. The number of hydrogen-bond donors (Lipinski definition) is 1. The molecule has 4 fully saturated rings. The smallest absolute Gasteiger partial charge is 0.0705 e. The quantitative estimate of drug-likeness (QED) is 0.377. The molecule has 5 rings (SSSR count). The maximum Gasteiger partial charge on any atom is 0.0705 e. The molecule has 4 aliphatic rings. The van der Waals surface area contributed by atoms with Gasteiger partial charge in [0.25, 0.3) is 0 Å². The van der Waals surface area contributed by atoms with E-state index in [1.54, 1.807) is 0 Å². The molecule has 0 heterocycles. The van der Waals surface area contributed by atoms with Crippen molar-refractivity contribution in [2.75, 3.05) is 0 Å². The molecule has 0 radical (unpaired) electrons. The van der Waals surface area contributed by atoms with E-state index in [1.807, 2.05) is 30.3 Å². The van der Waals surface area contributed by atoms with Crippen LogP contribution in [0.25, 0.3) is 10.4 Å². The van der Waals surface area contributed by atoms with Gasteiger partial charge >= 0.3 is 0 Å². The van der Waals surface area contributed by atoms with Gasteiger partial charge in [0.2, 0.25) is 0 Å². The fourth-order valence-corrected chi connectivity index (χ4v) is 6.30. The highest BCUT2D eigenvalue weighted by Gasteiger charge is 2.63. The number of azide groups is 1. The highest BCUT2D eigenvalue weighted by atomic mass is 35.5. The van der Waals surface area contributed by atoms with E-state index >= 15 is 0 Å². The minimum Gasteiger partial charge on any atom is -0.389 e. The molecule has 116 valence electrons. The van der Waals surface area contributed by atoms with Crippen molar-refractivity contribution in [3.63, 3.8) is 0 Å². The van der Waals surface area contributed by atoms with Gasteiger partial charge in [0.15, 0.2) is 0 Å². The molecular weight excluding hydrogens is 298 g/mol. The molecular formula is C17H20ClN3O. The lowest BCUT2D eigenvalue weighted by molar-refractivity contribution is -0.170. The van der Waals surface area contributed by atoms with Crippen LogP contribution in [0.5, 0.6) is 0 Å². The average Bonchev–Trinajstić information content (AvgIpc) is 2.44. The topological polar surface area (TPSA) is 69.0 Å². The second-order valence-corrected chi connectivity index (χ2v) is 8.29. The third-order valence-electron chi connectivity index (χ3n) is 5.97. The lowest BCUT2D eigenvalue weighted by Crippen LogP contribution is -2.63. The summed E-state index contributed by atoms with van der Waals surface area (Å²) in [6, 6.07) is 9.54. The minimum absolute atomic E-state index is 0.0192. The number of rotatable bonds is 3. The molecule has 5 heteroatoms. The van der Waals surface area contributed by atoms with Crippen LogP contribution in [0, 0.1) is 17.8 Å². The maximum atomic E-state index is 11.3. The van der Waals surface area contributed by atoms with Crippen molar-refractivity contribution >= 4 is 11.6 Å². The molecule has 0 aliphatic heterocycles. The summed E-state index contributed by atoms with van der Waals surface area (Å²) in [5.41, 5.74) is 9.24. The number of nitrogens with zero attached hydrogens (tertiary/aromatic N) is 3. The highest BCUT2D eigenvalue weighted by Crippen LogP contribution is 2.65. The molecule has 4 saturated carbocycles. The van der Waals surface area contributed by atoms with E-state index in [4.69, 9.17) is 17.1 Å². The number of hydrogen-bond acceptors (Lipinski definition) is 2. The van der Waals surface area contributed by atoms with E-state index in [-0.39, 0.29) is 16.8 Å². The Morgan fingerprint density at radius 3 is 2.68 bits per heavy atom. The molecule has 5 unspecified atom stereocenters. The summed E-state index contributed by atoms with van der Waals surface area (Å²) in [6.45, 7) is 0. The Morgan fingerprint density at radius 1 is 1.27 bits per heavy atom. The Morgan fingerprint density at radius 2 is 2.05 bits per heavy atom. The number of alkyl halides is 1. The Bertz CT molecular complexity index is 632. The van der Waals surface area contributed by atoms with Crippen molar-refractivity contribution in [2.24, 2.45) is 22.9 Å². The third-order valence-corrected chi connectivity index (χ3v) is 6.41. The Balaban J connectivity index is 1.76. The molecule has 0 amide bonds. The first-order chi connectivity index (χ1) is 10.5. The maximum absolute atomic E-state index is 11.3. The monoisotopic (exact) mass is 317 g/mol. The van der Waals surface area contributed by atoms with Crippen molar-refractivity contribution < 1.29 is 5.11 Å². The lowest BCUT2D eigenvalue weighted by Gasteiger charge is -2.63. The summed E-state index contributed by atoms with van der Waals surface area (Å²) in [5.74, 6) is 0.849. The molecule has 6 atom stereocenters. The van der Waals surface area contributed by atoms with Gasteiger partial charge in [-0.15, -0.1) is 11.6 Å². The van der Waals surface area contributed by atoms with Gasteiger partial charge in [-0.3, -0.25) is 0 Å². The van der Waals surface area contributed by atoms with Gasteiger partial charge in [-0.25, -0.2) is 0 Å². The predicted molar refractivity (Wildman–Crippen MR) is 85.4 cm³/mol. The van der Waals surface area contributed by atoms with Crippen molar-refractivity contribution in [2.45, 2.75) is 48.6 Å². The molecule has 0 spiro atoms. The molecule has 1 N–H and O–H groups in total. The van der Waals surface area contributed by atoms with Crippen LogP contribution >= 0.6 is 11.6 Å². The van der Waals surface area contributed by atoms with Crippen LogP contribution in [0.4, 0.5) is 0 Å². The van der Waals surface area contributed by atoms with Crippen molar-refractivity contribution in [3.05, 3.63) is 46.3 Å². The summed E-state index contributed by atoms with van der Waals surface area (Å²) in [6.07, 6.45) is 4.49. The van der Waals surface area contributed by atoms with Crippen LogP contribution in [-0.2, 0) is 0 Å². The molecule has 0 aromatic heterocycles. The zero-order valence-corrected chi connectivity index (χ0v) is 13.2. The fraction of sp³-hybridized carbons (Fsp3) is 0.647. The second-order valence-electron chi connectivity index (χ2n) is 7.49. The first-order valence-corrected chi connectivity index (χ1v) is 8.41. The van der Waals surface area contributed by atoms with E-state index < -0.39 is 5.60 Å². The normalized spacial score (nSPS) is 43.6. The summed E-state index contributed by atoms with van der Waals surface area (Å²) in [4.78, 5) is 2.83. The molecule has 4 aliphatic carbocycles. The SMILES string of the molecule is [N-]=[N+]=NC(c1ccccc1)C1C2CC3CC(Cl)(C2)C[C@@]1(O)C3. The van der Waals surface area contributed by atoms with Gasteiger partial charge in [0, 0.05) is 15.7 Å². The van der Waals surface area contributed by atoms with Gasteiger partial charge in [-0.1, -0.05) is 35.4 Å². The molecule has 22 heavy (non-hydrogen) atoms. The van der Waals surface area contributed by atoms with E-state index in [9.17, 15) is 5.11 Å². The first-order valence-electron chi connectivity index (χ1n) is 8.03. The van der Waals surface area contributed by atoms with Crippen LogP contribution in [0.15, 0.2) is 35.4 Å². The molecule has 1 aromatic rings. The standard InChI is InChI=1S/C17H20ClN3O/c18-16-7-11-6-13(9-16)14(17(22,8-11)10-16)15(20-21-19)12-4-2-1-3-5-12/h1-5,11,13-15,22H,6-10H2/t11?,13?,14?,15?,16?,17-/m0/s1. The van der Waals surface area contributed by atoms with Crippen molar-refractivity contribution in [1.82, 2.24) is 0 Å². The third kappa shape index (κ3) is 2.13. The van der Waals surface area contributed by atoms with Crippen molar-refractivity contribution in [3.8, 4) is 0 Å². The Hall–Kier alpha value is -1.22. The molecule has 0 saturated heterocycles. The fourth-order valence-electron chi connectivity index (χ4n) is 5.66. The zero-order chi connectivity index (χ0) is 15.4. The Labute approximate surface area is 135 Å². The minimum atomic E-state index is -0.791. The van der Waals surface area contributed by atoms with Gasteiger partial charge in [-0.2, -0.15) is 0 Å². The molecule has 4 bridgehead atoms. The summed E-state index contributed by atoms with van der Waals surface area (Å²) in [5, 5.41) is 15.4. The zero-order valence-electron chi connectivity index (χ0n) is 12.4.